The first kappa shape index (κ1) is 21.5. The van der Waals surface area contributed by atoms with Crippen molar-refractivity contribution in [1.82, 2.24) is 4.31 Å². The Morgan fingerprint density at radius 1 is 1.21 bits per heavy atom. The summed E-state index contributed by atoms with van der Waals surface area (Å²) in [5.74, 6) is -1.71. The first-order chi connectivity index (χ1) is 13.0. The minimum absolute atomic E-state index is 0.231. The zero-order valence-electron chi connectivity index (χ0n) is 16.6. The maximum absolute atomic E-state index is 13.1. The Bertz CT molecular complexity index is 937. The van der Waals surface area contributed by atoms with Gasteiger partial charge in [-0.15, -0.1) is 0 Å². The van der Waals surface area contributed by atoms with Gasteiger partial charge in [0.1, 0.15) is 0 Å². The van der Waals surface area contributed by atoms with Crippen molar-refractivity contribution in [2.45, 2.75) is 26.4 Å². The number of ether oxygens (including phenoxy) is 4. The van der Waals surface area contributed by atoms with Crippen molar-refractivity contribution in [1.29, 1.82) is 0 Å². The maximum Gasteiger partial charge on any atom is 0.308 e. The highest BCUT2D eigenvalue weighted by Gasteiger charge is 2.51. The van der Waals surface area contributed by atoms with Crippen molar-refractivity contribution >= 4 is 21.8 Å². The second kappa shape index (κ2) is 7.70. The molecule has 1 aromatic carbocycles. The SMILES string of the molecule is CCS(=O)(=O)N(C)C1=C(OC(C)=O)C(=O)C(C)(c2ccc(OC)c(OC)c2)O1. The lowest BCUT2D eigenvalue weighted by molar-refractivity contribution is -0.142. The molecule has 1 aliphatic rings. The van der Waals surface area contributed by atoms with E-state index in [9.17, 15) is 18.0 Å². The van der Waals surface area contributed by atoms with Crippen LogP contribution in [-0.4, -0.2) is 51.5 Å². The van der Waals surface area contributed by atoms with E-state index in [0.29, 0.717) is 17.1 Å². The summed E-state index contributed by atoms with van der Waals surface area (Å²) in [6.45, 7) is 4.01. The normalized spacial score (nSPS) is 19.3. The first-order valence-corrected chi connectivity index (χ1v) is 9.98. The van der Waals surface area contributed by atoms with Crippen LogP contribution in [0.25, 0.3) is 0 Å². The fourth-order valence-corrected chi connectivity index (χ4v) is 3.44. The zero-order valence-corrected chi connectivity index (χ0v) is 17.4. The Kier molecular flexibility index (Phi) is 5.93. The molecule has 0 aromatic heterocycles. The molecule has 28 heavy (non-hydrogen) atoms. The van der Waals surface area contributed by atoms with Crippen LogP contribution < -0.4 is 9.47 Å². The van der Waals surface area contributed by atoms with E-state index in [4.69, 9.17) is 18.9 Å². The second-order valence-electron chi connectivity index (χ2n) is 6.13. The molecule has 0 spiro atoms. The number of sulfonamides is 1. The molecule has 10 heteroatoms. The van der Waals surface area contributed by atoms with E-state index in [0.717, 1.165) is 11.2 Å². The Hall–Kier alpha value is -2.75. The molecule has 0 saturated heterocycles. The average Bonchev–Trinajstić information content (AvgIpc) is 2.92. The highest BCUT2D eigenvalue weighted by molar-refractivity contribution is 7.89. The number of carbonyl (C=O) groups is 2. The van der Waals surface area contributed by atoms with Crippen LogP contribution in [0.4, 0.5) is 0 Å². The molecule has 0 bridgehead atoms. The molecule has 9 nitrogen and oxygen atoms in total. The van der Waals surface area contributed by atoms with Gasteiger partial charge in [0.2, 0.25) is 15.8 Å². The number of Topliss-reactive ketones (excluding diaryl/α,β-unsaturated/α-hetero) is 1. The molecular weight excluding hydrogens is 390 g/mol. The molecule has 1 unspecified atom stereocenters. The number of benzene rings is 1. The van der Waals surface area contributed by atoms with Gasteiger partial charge in [0.05, 0.1) is 20.0 Å². The van der Waals surface area contributed by atoms with E-state index in [1.165, 1.54) is 35.1 Å². The number of hydrogen-bond donors (Lipinski definition) is 0. The molecule has 0 fully saturated rings. The van der Waals surface area contributed by atoms with E-state index in [-0.39, 0.29) is 11.6 Å². The maximum atomic E-state index is 13.1. The van der Waals surface area contributed by atoms with Crippen LogP contribution in [0.1, 0.15) is 26.3 Å². The summed E-state index contributed by atoms with van der Waals surface area (Å²) in [5.41, 5.74) is -1.26. The molecule has 0 N–H and O–H groups in total. The Morgan fingerprint density at radius 2 is 1.82 bits per heavy atom. The first-order valence-electron chi connectivity index (χ1n) is 8.37. The monoisotopic (exact) mass is 413 g/mol. The molecule has 154 valence electrons. The van der Waals surface area contributed by atoms with Gasteiger partial charge in [-0.2, -0.15) is 0 Å². The van der Waals surface area contributed by atoms with Gasteiger partial charge in [-0.3, -0.25) is 9.59 Å². The standard InChI is InChI=1S/C18H23NO8S/c1-7-28(22,23)19(4)17-15(26-11(2)20)16(21)18(3,27-17)12-8-9-13(24-5)14(10-12)25-6/h8-10H,7H2,1-6H3. The Labute approximate surface area is 163 Å². The van der Waals surface area contributed by atoms with Crippen LogP contribution >= 0.6 is 0 Å². The highest BCUT2D eigenvalue weighted by Crippen LogP contribution is 2.43. The van der Waals surface area contributed by atoms with Crippen molar-refractivity contribution in [3.8, 4) is 11.5 Å². The molecule has 0 aliphatic carbocycles. The van der Waals surface area contributed by atoms with Crippen molar-refractivity contribution in [2.24, 2.45) is 0 Å². The van der Waals surface area contributed by atoms with Crippen molar-refractivity contribution in [2.75, 3.05) is 27.0 Å². The molecule has 1 aliphatic heterocycles. The van der Waals surface area contributed by atoms with Crippen molar-refractivity contribution < 1.29 is 37.0 Å². The number of carbonyl (C=O) groups excluding carboxylic acids is 2. The number of rotatable bonds is 7. The van der Waals surface area contributed by atoms with Gasteiger partial charge in [0.15, 0.2) is 17.1 Å². The van der Waals surface area contributed by atoms with Gasteiger partial charge in [0, 0.05) is 19.5 Å². The summed E-state index contributed by atoms with van der Waals surface area (Å²) < 4.78 is 46.6. The summed E-state index contributed by atoms with van der Waals surface area (Å²) >= 11 is 0. The summed E-state index contributed by atoms with van der Waals surface area (Å²) in [7, 11) is 0.373. The van der Waals surface area contributed by atoms with Crippen molar-refractivity contribution in [3.63, 3.8) is 0 Å². The quantitative estimate of drug-likeness (QED) is 0.619. The van der Waals surface area contributed by atoms with E-state index in [1.54, 1.807) is 18.2 Å². The number of esters is 1. The summed E-state index contributed by atoms with van der Waals surface area (Å²) in [4.78, 5) is 24.6. The molecule has 0 saturated carbocycles. The topological polar surface area (TPSA) is 108 Å². The Morgan fingerprint density at radius 3 is 2.32 bits per heavy atom. The number of methoxy groups -OCH3 is 2. The predicted molar refractivity (Wildman–Crippen MR) is 99.0 cm³/mol. The van der Waals surface area contributed by atoms with E-state index in [1.807, 2.05) is 0 Å². The fraction of sp³-hybridized carbons (Fsp3) is 0.444. The van der Waals surface area contributed by atoms with Gasteiger partial charge < -0.3 is 18.9 Å². The fourth-order valence-electron chi connectivity index (χ4n) is 2.68. The Balaban J connectivity index is 2.58. The molecule has 1 atom stereocenters. The second-order valence-corrected chi connectivity index (χ2v) is 8.42. The lowest BCUT2D eigenvalue weighted by Crippen LogP contribution is -2.33. The van der Waals surface area contributed by atoms with Crippen LogP contribution in [0.5, 0.6) is 11.5 Å². The molecular formula is C18H23NO8S. The third-order valence-corrected chi connectivity index (χ3v) is 6.11. The lowest BCUT2D eigenvalue weighted by Gasteiger charge is -2.27. The van der Waals surface area contributed by atoms with Gasteiger partial charge in [0.25, 0.3) is 11.7 Å². The summed E-state index contributed by atoms with van der Waals surface area (Å²) in [6, 6.07) is 4.72. The average molecular weight is 413 g/mol. The van der Waals surface area contributed by atoms with Crippen LogP contribution in [-0.2, 0) is 34.7 Å². The van der Waals surface area contributed by atoms with Crippen molar-refractivity contribution in [3.05, 3.63) is 35.4 Å². The van der Waals surface area contributed by atoms with Crippen LogP contribution in [0.15, 0.2) is 29.8 Å². The third kappa shape index (κ3) is 3.64. The number of hydrogen-bond acceptors (Lipinski definition) is 8. The number of nitrogens with zero attached hydrogens (tertiary/aromatic N) is 1. The van der Waals surface area contributed by atoms with Gasteiger partial charge in [-0.05, 0) is 26.0 Å². The molecule has 2 rings (SSSR count). The van der Waals surface area contributed by atoms with E-state index >= 15 is 0 Å². The van der Waals surface area contributed by atoms with Gasteiger partial charge >= 0.3 is 5.97 Å². The largest absolute Gasteiger partial charge is 0.493 e. The third-order valence-electron chi connectivity index (χ3n) is 4.38. The molecule has 1 heterocycles. The molecule has 1 aromatic rings. The zero-order chi connectivity index (χ0) is 21.3. The number of ketones is 1. The highest BCUT2D eigenvalue weighted by atomic mass is 32.2. The van der Waals surface area contributed by atoms with Crippen LogP contribution in [0, 0.1) is 0 Å². The molecule has 0 amide bonds. The smallest absolute Gasteiger partial charge is 0.308 e. The van der Waals surface area contributed by atoms with Gasteiger partial charge in [-0.25, -0.2) is 12.7 Å². The van der Waals surface area contributed by atoms with E-state index < -0.39 is 33.1 Å². The summed E-state index contributed by atoms with van der Waals surface area (Å²) in [5, 5.41) is 0. The lowest BCUT2D eigenvalue weighted by atomic mass is 9.91. The van der Waals surface area contributed by atoms with Crippen LogP contribution in [0.2, 0.25) is 0 Å². The van der Waals surface area contributed by atoms with E-state index in [2.05, 4.69) is 0 Å². The minimum Gasteiger partial charge on any atom is -0.493 e. The minimum atomic E-state index is -3.77. The van der Waals surface area contributed by atoms with Crippen LogP contribution in [0.3, 0.4) is 0 Å². The predicted octanol–water partition coefficient (Wildman–Crippen LogP) is 1.53. The van der Waals surface area contributed by atoms with Gasteiger partial charge in [-0.1, -0.05) is 6.07 Å². The summed E-state index contributed by atoms with van der Waals surface area (Å²) in [6.07, 6.45) is 0. The molecule has 0 radical (unpaired) electrons.